The van der Waals surface area contributed by atoms with Gasteiger partial charge in [0.1, 0.15) is 5.69 Å². The van der Waals surface area contributed by atoms with Crippen LogP contribution < -0.4 is 4.74 Å². The molecule has 1 heterocycles. The van der Waals surface area contributed by atoms with E-state index in [9.17, 15) is 4.79 Å². The van der Waals surface area contributed by atoms with E-state index < -0.39 is 0 Å². The monoisotopic (exact) mass is 317 g/mol. The highest BCUT2D eigenvalue weighted by atomic mass is 32.2. The van der Waals surface area contributed by atoms with Crippen molar-refractivity contribution in [2.45, 2.75) is 34.6 Å². The van der Waals surface area contributed by atoms with E-state index in [1.807, 2.05) is 32.0 Å². The van der Waals surface area contributed by atoms with Crippen molar-refractivity contribution in [3.8, 4) is 5.75 Å². The first kappa shape index (κ1) is 16.8. The van der Waals surface area contributed by atoms with E-state index in [1.165, 1.54) is 5.57 Å². The number of nitrogens with zero attached hydrogens (tertiary/aromatic N) is 1. The summed E-state index contributed by atoms with van der Waals surface area (Å²) in [5.74, 6) is 1.17. The summed E-state index contributed by atoms with van der Waals surface area (Å²) in [6.07, 6.45) is 2.26. The molecule has 1 aliphatic heterocycles. The van der Waals surface area contributed by atoms with Crippen LogP contribution >= 0.6 is 11.8 Å². The molecule has 0 bridgehead atoms. The molecule has 0 N–H and O–H groups in total. The van der Waals surface area contributed by atoms with Crippen molar-refractivity contribution in [2.24, 2.45) is 16.3 Å². The predicted octanol–water partition coefficient (Wildman–Crippen LogP) is 5.00. The van der Waals surface area contributed by atoms with E-state index in [0.29, 0.717) is 11.4 Å². The van der Waals surface area contributed by atoms with Crippen molar-refractivity contribution in [2.75, 3.05) is 5.75 Å². The third-order valence-corrected chi connectivity index (χ3v) is 4.95. The van der Waals surface area contributed by atoms with Crippen LogP contribution in [0.2, 0.25) is 0 Å². The minimum atomic E-state index is -0.235. The Balaban J connectivity index is 2.29. The third-order valence-electron chi connectivity index (χ3n) is 3.37. The maximum absolute atomic E-state index is 11.8. The van der Waals surface area contributed by atoms with Gasteiger partial charge >= 0.3 is 5.97 Å². The number of hydrogen-bond donors (Lipinski definition) is 0. The summed E-state index contributed by atoms with van der Waals surface area (Å²) in [5.41, 5.74) is 2.00. The number of benzene rings is 1. The summed E-state index contributed by atoms with van der Waals surface area (Å²) in [6, 6.07) is 7.45. The second-order valence-electron chi connectivity index (χ2n) is 6.39. The highest BCUT2D eigenvalue weighted by Gasteiger charge is 2.38. The van der Waals surface area contributed by atoms with E-state index in [1.54, 1.807) is 17.8 Å². The first-order valence-corrected chi connectivity index (χ1v) is 8.49. The molecule has 0 spiro atoms. The van der Waals surface area contributed by atoms with E-state index in [-0.39, 0.29) is 17.3 Å². The van der Waals surface area contributed by atoms with Gasteiger partial charge in [-0.05, 0) is 32.9 Å². The van der Waals surface area contributed by atoms with Gasteiger partial charge in [-0.3, -0.25) is 4.79 Å². The van der Waals surface area contributed by atoms with Crippen molar-refractivity contribution >= 4 is 28.5 Å². The number of aliphatic imine (C=N–C) groups is 1. The average Bonchev–Trinajstić information content (AvgIpc) is 2.44. The number of para-hydroxylation sites is 2. The normalized spacial score (nSPS) is 22.4. The number of carbonyl (C=O) groups excluding carboxylic acids is 1. The van der Waals surface area contributed by atoms with E-state index in [2.05, 4.69) is 26.8 Å². The average molecular weight is 317 g/mol. The Morgan fingerprint density at radius 1 is 1.36 bits per heavy atom. The van der Waals surface area contributed by atoms with Crippen LogP contribution in [0.5, 0.6) is 5.75 Å². The molecule has 1 fully saturated rings. The molecule has 22 heavy (non-hydrogen) atoms. The Bertz CT molecular complexity index is 630. The number of carbonyl (C=O) groups is 1. The van der Waals surface area contributed by atoms with E-state index in [0.717, 1.165) is 10.8 Å². The predicted molar refractivity (Wildman–Crippen MR) is 94.0 cm³/mol. The zero-order valence-electron chi connectivity index (χ0n) is 13.8. The van der Waals surface area contributed by atoms with Crippen LogP contribution in [0.4, 0.5) is 5.69 Å². The van der Waals surface area contributed by atoms with Crippen molar-refractivity contribution in [3.05, 3.63) is 35.9 Å². The number of allylic oxidation sites excluding steroid dienone is 2. The summed E-state index contributed by atoms with van der Waals surface area (Å²) in [6.45, 7) is 10.0. The van der Waals surface area contributed by atoms with Gasteiger partial charge in [0.2, 0.25) is 0 Å². The molecule has 1 aromatic rings. The lowest BCUT2D eigenvalue weighted by molar-refractivity contribution is -0.137. The molecule has 1 atom stereocenters. The van der Waals surface area contributed by atoms with Gasteiger partial charge in [0.25, 0.3) is 0 Å². The minimum Gasteiger partial charge on any atom is -0.424 e. The fourth-order valence-electron chi connectivity index (χ4n) is 2.24. The van der Waals surface area contributed by atoms with Crippen LogP contribution in [0.15, 0.2) is 40.9 Å². The Morgan fingerprint density at radius 3 is 2.59 bits per heavy atom. The molecule has 0 saturated carbocycles. The molecule has 118 valence electrons. The van der Waals surface area contributed by atoms with Crippen LogP contribution in [0.1, 0.15) is 34.6 Å². The van der Waals surface area contributed by atoms with E-state index in [4.69, 9.17) is 9.73 Å². The van der Waals surface area contributed by atoms with Crippen molar-refractivity contribution < 1.29 is 9.53 Å². The first-order chi connectivity index (χ1) is 10.3. The molecule has 1 aliphatic rings. The lowest BCUT2D eigenvalue weighted by Crippen LogP contribution is -2.36. The minimum absolute atomic E-state index is 0.00132. The molecule has 0 radical (unpaired) electrons. The second kappa shape index (κ2) is 6.69. The van der Waals surface area contributed by atoms with Gasteiger partial charge in [-0.2, -0.15) is 0 Å². The van der Waals surface area contributed by atoms with E-state index >= 15 is 0 Å². The van der Waals surface area contributed by atoms with Crippen molar-refractivity contribution in [1.82, 2.24) is 0 Å². The van der Waals surface area contributed by atoms with Crippen molar-refractivity contribution in [3.63, 3.8) is 0 Å². The summed E-state index contributed by atoms with van der Waals surface area (Å²) < 4.78 is 5.45. The van der Waals surface area contributed by atoms with Gasteiger partial charge in [-0.15, -0.1) is 11.8 Å². The topological polar surface area (TPSA) is 38.7 Å². The molecule has 1 unspecified atom stereocenters. The summed E-state index contributed by atoms with van der Waals surface area (Å²) in [7, 11) is 0. The zero-order valence-corrected chi connectivity index (χ0v) is 14.7. The van der Waals surface area contributed by atoms with Crippen LogP contribution in [0.25, 0.3) is 0 Å². The summed E-state index contributed by atoms with van der Waals surface area (Å²) >= 11 is 1.75. The molecule has 0 aliphatic carbocycles. The zero-order chi connectivity index (χ0) is 16.3. The SMILES string of the molecule is CC(C)=CC1(C)CSC1=Nc1ccccc1OC(=O)C(C)C. The molecule has 4 heteroatoms. The number of hydrogen-bond acceptors (Lipinski definition) is 4. The first-order valence-electron chi connectivity index (χ1n) is 7.50. The summed E-state index contributed by atoms with van der Waals surface area (Å²) in [5, 5.41) is 1.07. The van der Waals surface area contributed by atoms with Gasteiger partial charge < -0.3 is 4.74 Å². The molecular formula is C18H23NO2S. The highest BCUT2D eigenvalue weighted by Crippen LogP contribution is 2.45. The fourth-order valence-corrected chi connectivity index (χ4v) is 3.27. The Kier molecular flexibility index (Phi) is 5.12. The van der Waals surface area contributed by atoms with Gasteiger partial charge in [0.05, 0.1) is 11.0 Å². The van der Waals surface area contributed by atoms with Crippen LogP contribution in [-0.2, 0) is 4.79 Å². The molecular weight excluding hydrogens is 294 g/mol. The smallest absolute Gasteiger partial charge is 0.313 e. The Hall–Kier alpha value is -1.55. The second-order valence-corrected chi connectivity index (χ2v) is 7.35. The quantitative estimate of drug-likeness (QED) is 0.446. The molecule has 1 aromatic carbocycles. The molecule has 0 aromatic heterocycles. The van der Waals surface area contributed by atoms with Crippen molar-refractivity contribution in [1.29, 1.82) is 0 Å². The number of thioether (sulfide) groups is 1. The highest BCUT2D eigenvalue weighted by molar-refractivity contribution is 8.16. The maximum Gasteiger partial charge on any atom is 0.313 e. The Morgan fingerprint density at radius 2 is 2.05 bits per heavy atom. The standard InChI is InChI=1S/C18H23NO2S/c1-12(2)10-18(5)11-22-17(18)19-14-8-6-7-9-15(14)21-16(20)13(3)4/h6-10,13H,11H2,1-5H3. The van der Waals surface area contributed by atoms with Gasteiger partial charge in [-0.25, -0.2) is 4.99 Å². The number of ether oxygens (including phenoxy) is 1. The fraction of sp³-hybridized carbons (Fsp3) is 0.444. The van der Waals surface area contributed by atoms with Crippen LogP contribution in [0.3, 0.4) is 0 Å². The van der Waals surface area contributed by atoms with Crippen LogP contribution in [-0.4, -0.2) is 16.8 Å². The number of esters is 1. The third kappa shape index (κ3) is 3.80. The van der Waals surface area contributed by atoms with Gasteiger partial charge in [0, 0.05) is 11.2 Å². The van der Waals surface area contributed by atoms with Crippen LogP contribution in [0, 0.1) is 11.3 Å². The Labute approximate surface area is 136 Å². The summed E-state index contributed by atoms with van der Waals surface area (Å²) in [4.78, 5) is 16.6. The molecule has 3 nitrogen and oxygen atoms in total. The maximum atomic E-state index is 11.8. The van der Waals surface area contributed by atoms with Gasteiger partial charge in [0.15, 0.2) is 5.75 Å². The molecule has 2 rings (SSSR count). The largest absolute Gasteiger partial charge is 0.424 e. The molecule has 0 amide bonds. The number of rotatable bonds is 4. The lowest BCUT2D eigenvalue weighted by atomic mass is 9.91. The molecule has 1 saturated heterocycles. The van der Waals surface area contributed by atoms with Gasteiger partial charge in [-0.1, -0.05) is 37.6 Å². The lowest BCUT2D eigenvalue weighted by Gasteiger charge is -2.37.